The van der Waals surface area contributed by atoms with E-state index in [1.807, 2.05) is 6.08 Å². The van der Waals surface area contributed by atoms with E-state index in [-0.39, 0.29) is 0 Å². The third-order valence-electron chi connectivity index (χ3n) is 3.38. The fraction of sp³-hybridized carbons (Fsp3) is 0.857. The molecule has 0 aromatic carbocycles. The highest BCUT2D eigenvalue weighted by atomic mass is 15.2. The van der Waals surface area contributed by atoms with E-state index in [1.165, 1.54) is 45.2 Å². The molecule has 0 heterocycles. The Morgan fingerprint density at radius 1 is 1.50 bits per heavy atom. The largest absolute Gasteiger partial charge is 0.312 e. The highest BCUT2D eigenvalue weighted by Crippen LogP contribution is 2.19. The van der Waals surface area contributed by atoms with E-state index in [2.05, 4.69) is 30.8 Å². The second-order valence-electron chi connectivity index (χ2n) is 5.04. The Labute approximate surface area is 101 Å². The second kappa shape index (κ2) is 7.86. The quantitative estimate of drug-likeness (QED) is 0.453. The molecule has 1 N–H and O–H groups in total. The predicted octanol–water partition coefficient (Wildman–Crippen LogP) is 2.81. The Hall–Kier alpha value is -0.340. The van der Waals surface area contributed by atoms with Crippen LogP contribution in [0.3, 0.4) is 0 Å². The number of likely N-dealkylation sites (N-methyl/N-ethyl adjacent to an activating group) is 1. The van der Waals surface area contributed by atoms with Gasteiger partial charge in [0.15, 0.2) is 0 Å². The molecule has 0 aromatic heterocycles. The third kappa shape index (κ3) is 5.66. The fourth-order valence-electron chi connectivity index (χ4n) is 2.07. The molecule has 1 unspecified atom stereocenters. The number of hydrogen-bond acceptors (Lipinski definition) is 2. The van der Waals surface area contributed by atoms with Gasteiger partial charge in [0.1, 0.15) is 0 Å². The van der Waals surface area contributed by atoms with Gasteiger partial charge in [-0.1, -0.05) is 19.4 Å². The van der Waals surface area contributed by atoms with Crippen molar-refractivity contribution in [3.05, 3.63) is 12.7 Å². The lowest BCUT2D eigenvalue weighted by Gasteiger charge is -2.28. The molecule has 94 valence electrons. The van der Waals surface area contributed by atoms with Crippen LogP contribution in [0.25, 0.3) is 0 Å². The zero-order valence-corrected chi connectivity index (χ0v) is 11.0. The van der Waals surface area contributed by atoms with Crippen molar-refractivity contribution in [3.8, 4) is 0 Å². The van der Waals surface area contributed by atoms with Gasteiger partial charge in [0.25, 0.3) is 0 Å². The number of hydrogen-bond donors (Lipinski definition) is 1. The van der Waals surface area contributed by atoms with Crippen molar-refractivity contribution in [2.75, 3.05) is 20.1 Å². The summed E-state index contributed by atoms with van der Waals surface area (Å²) in [7, 11) is 2.26. The molecule has 0 radical (unpaired) electrons. The number of unbranched alkanes of at least 4 members (excludes halogenated alkanes) is 1. The lowest BCUT2D eigenvalue weighted by Crippen LogP contribution is -2.41. The average Bonchev–Trinajstić information content (AvgIpc) is 3.08. The van der Waals surface area contributed by atoms with Crippen molar-refractivity contribution < 1.29 is 0 Å². The molecule has 0 saturated heterocycles. The van der Waals surface area contributed by atoms with Gasteiger partial charge in [-0.15, -0.1) is 6.58 Å². The summed E-state index contributed by atoms with van der Waals surface area (Å²) in [5.74, 6) is 0. The van der Waals surface area contributed by atoms with E-state index in [0.717, 1.165) is 18.5 Å². The van der Waals surface area contributed by atoms with Crippen LogP contribution < -0.4 is 5.32 Å². The van der Waals surface area contributed by atoms with Gasteiger partial charge < -0.3 is 10.2 Å². The first-order valence-electron chi connectivity index (χ1n) is 6.82. The van der Waals surface area contributed by atoms with E-state index in [4.69, 9.17) is 0 Å². The highest BCUT2D eigenvalue weighted by Gasteiger charge is 2.22. The lowest BCUT2D eigenvalue weighted by molar-refractivity contribution is 0.220. The summed E-state index contributed by atoms with van der Waals surface area (Å²) >= 11 is 0. The molecule has 16 heavy (non-hydrogen) atoms. The predicted molar refractivity (Wildman–Crippen MR) is 71.8 cm³/mol. The zero-order chi connectivity index (χ0) is 11.8. The van der Waals surface area contributed by atoms with Crippen LogP contribution in [-0.4, -0.2) is 37.1 Å². The van der Waals surface area contributed by atoms with Crippen molar-refractivity contribution in [2.24, 2.45) is 0 Å². The molecule has 0 amide bonds. The smallest absolute Gasteiger partial charge is 0.0217 e. The molecule has 1 aliphatic carbocycles. The first-order valence-corrected chi connectivity index (χ1v) is 6.82. The van der Waals surface area contributed by atoms with Gasteiger partial charge in [-0.3, -0.25) is 0 Å². The van der Waals surface area contributed by atoms with Crippen molar-refractivity contribution >= 4 is 0 Å². The van der Waals surface area contributed by atoms with Crippen LogP contribution >= 0.6 is 0 Å². The van der Waals surface area contributed by atoms with Crippen molar-refractivity contribution in [3.63, 3.8) is 0 Å². The molecule has 1 fully saturated rings. The minimum absolute atomic E-state index is 0.718. The van der Waals surface area contributed by atoms with Crippen LogP contribution in [0.15, 0.2) is 12.7 Å². The van der Waals surface area contributed by atoms with Crippen LogP contribution in [0.4, 0.5) is 0 Å². The maximum absolute atomic E-state index is 3.78. The van der Waals surface area contributed by atoms with Crippen LogP contribution in [0.5, 0.6) is 0 Å². The van der Waals surface area contributed by atoms with Gasteiger partial charge >= 0.3 is 0 Å². The molecule has 1 saturated carbocycles. The van der Waals surface area contributed by atoms with E-state index in [1.54, 1.807) is 0 Å². The monoisotopic (exact) mass is 224 g/mol. The molecule has 2 nitrogen and oxygen atoms in total. The summed E-state index contributed by atoms with van der Waals surface area (Å²) in [6, 6.07) is 1.55. The van der Waals surface area contributed by atoms with Crippen molar-refractivity contribution in [1.82, 2.24) is 10.2 Å². The fourth-order valence-corrected chi connectivity index (χ4v) is 2.07. The maximum atomic E-state index is 3.78. The van der Waals surface area contributed by atoms with E-state index in [9.17, 15) is 0 Å². The van der Waals surface area contributed by atoms with Crippen molar-refractivity contribution in [2.45, 2.75) is 57.5 Å². The normalized spacial score (nSPS) is 17.7. The molecule has 0 aromatic rings. The molecule has 2 heteroatoms. The van der Waals surface area contributed by atoms with E-state index in [0.29, 0.717) is 0 Å². The van der Waals surface area contributed by atoms with Gasteiger partial charge in [0, 0.05) is 18.6 Å². The molecule has 0 aliphatic heterocycles. The van der Waals surface area contributed by atoms with Crippen molar-refractivity contribution in [1.29, 1.82) is 0 Å². The average molecular weight is 224 g/mol. The Morgan fingerprint density at radius 2 is 2.25 bits per heavy atom. The number of allylic oxidation sites excluding steroid dienone is 1. The summed E-state index contributed by atoms with van der Waals surface area (Å²) < 4.78 is 0. The number of rotatable bonds is 10. The van der Waals surface area contributed by atoms with Gasteiger partial charge in [0.05, 0.1) is 0 Å². The minimum atomic E-state index is 0.718. The molecular weight excluding hydrogens is 196 g/mol. The molecular formula is C14H28N2. The van der Waals surface area contributed by atoms with Crippen LogP contribution in [0, 0.1) is 0 Å². The molecule has 0 spiro atoms. The molecule has 0 bridgehead atoms. The van der Waals surface area contributed by atoms with Crippen LogP contribution in [0.1, 0.15) is 45.4 Å². The second-order valence-corrected chi connectivity index (χ2v) is 5.04. The molecule has 1 aliphatic rings. The standard InChI is InChI=1S/C14H28N2/c1-4-6-7-11-16(3)14(8-5-2)12-15-13-9-10-13/h4,13-15H,1,5-12H2,2-3H3. The van der Waals surface area contributed by atoms with E-state index < -0.39 is 0 Å². The topological polar surface area (TPSA) is 15.3 Å². The first-order chi connectivity index (χ1) is 7.77. The molecule has 1 rings (SSSR count). The summed E-state index contributed by atoms with van der Waals surface area (Å²) in [5, 5.41) is 3.65. The number of nitrogens with zero attached hydrogens (tertiary/aromatic N) is 1. The van der Waals surface area contributed by atoms with Gasteiger partial charge in [-0.25, -0.2) is 0 Å². The van der Waals surface area contributed by atoms with Gasteiger partial charge in [0.2, 0.25) is 0 Å². The van der Waals surface area contributed by atoms with Crippen LogP contribution in [0.2, 0.25) is 0 Å². The summed E-state index contributed by atoms with van der Waals surface area (Å²) in [4.78, 5) is 2.52. The molecule has 1 atom stereocenters. The summed E-state index contributed by atoms with van der Waals surface area (Å²) in [6.45, 7) is 8.42. The lowest BCUT2D eigenvalue weighted by atomic mass is 10.1. The highest BCUT2D eigenvalue weighted by molar-refractivity contribution is 4.83. The van der Waals surface area contributed by atoms with Gasteiger partial charge in [-0.2, -0.15) is 0 Å². The Balaban J connectivity index is 2.19. The maximum Gasteiger partial charge on any atom is 0.0217 e. The third-order valence-corrected chi connectivity index (χ3v) is 3.38. The van der Waals surface area contributed by atoms with Gasteiger partial charge in [-0.05, 0) is 45.7 Å². The summed E-state index contributed by atoms with van der Waals surface area (Å²) in [5.41, 5.74) is 0. The van der Waals surface area contributed by atoms with Crippen LogP contribution in [-0.2, 0) is 0 Å². The number of nitrogens with one attached hydrogen (secondary N) is 1. The Morgan fingerprint density at radius 3 is 2.81 bits per heavy atom. The summed E-state index contributed by atoms with van der Waals surface area (Å²) in [6.07, 6.45) is 9.76. The SMILES string of the molecule is C=CCCCN(C)C(CCC)CNC1CC1. The Bertz CT molecular complexity index is 187. The minimum Gasteiger partial charge on any atom is -0.312 e. The zero-order valence-electron chi connectivity index (χ0n) is 11.0. The van der Waals surface area contributed by atoms with E-state index >= 15 is 0 Å². The Kier molecular flexibility index (Phi) is 6.74. The first kappa shape index (κ1) is 13.7.